The van der Waals surface area contributed by atoms with E-state index in [1.165, 1.54) is 18.4 Å². The summed E-state index contributed by atoms with van der Waals surface area (Å²) in [5.74, 6) is 0. The van der Waals surface area contributed by atoms with Crippen LogP contribution in [0.1, 0.15) is 56.2 Å². The number of hydrogen-bond donors (Lipinski definition) is 0. The highest BCUT2D eigenvalue weighted by molar-refractivity contribution is 6.00. The third kappa shape index (κ3) is 4.81. The highest BCUT2D eigenvalue weighted by Crippen LogP contribution is 2.25. The van der Waals surface area contributed by atoms with Gasteiger partial charge in [-0.3, -0.25) is 0 Å². The molecular formula is C19H29N3O. The Morgan fingerprint density at radius 1 is 1.26 bits per heavy atom. The molecule has 0 atom stereocenters. The number of rotatable bonds is 6. The van der Waals surface area contributed by atoms with Gasteiger partial charge in [0.05, 0.1) is 17.7 Å². The van der Waals surface area contributed by atoms with Crippen LogP contribution < -0.4 is 0 Å². The number of nitrogens with zero attached hydrogens (tertiary/aromatic N) is 3. The van der Waals surface area contributed by atoms with Gasteiger partial charge in [0.1, 0.15) is 6.10 Å². The lowest BCUT2D eigenvalue weighted by atomic mass is 10.0. The van der Waals surface area contributed by atoms with E-state index in [4.69, 9.17) is 4.84 Å². The van der Waals surface area contributed by atoms with Crippen LogP contribution in [-0.4, -0.2) is 36.6 Å². The average molecular weight is 315 g/mol. The van der Waals surface area contributed by atoms with Gasteiger partial charge in [-0.15, -0.1) is 0 Å². The monoisotopic (exact) mass is 315 g/mol. The van der Waals surface area contributed by atoms with E-state index < -0.39 is 0 Å². The normalized spacial score (nSPS) is 16.3. The third-order valence-electron chi connectivity index (χ3n) is 4.47. The number of aryl methyl sites for hydroxylation is 2. The predicted molar refractivity (Wildman–Crippen MR) is 97.9 cm³/mol. The summed E-state index contributed by atoms with van der Waals surface area (Å²) in [7, 11) is 2.03. The van der Waals surface area contributed by atoms with Gasteiger partial charge < -0.3 is 9.74 Å². The summed E-state index contributed by atoms with van der Waals surface area (Å²) in [5, 5.41) is 4.37. The van der Waals surface area contributed by atoms with Crippen LogP contribution >= 0.6 is 0 Å². The molecule has 0 unspecified atom stereocenters. The molecule has 1 saturated carbocycles. The Balaban J connectivity index is 2.14. The standard InChI is InChI=1S/C19H29N3O/c1-6-22(5)13-20-19-12-14(2)18(11-15(19)3)16(4)21-23-17-9-7-8-10-17/h11-13,17H,6-10H2,1-5H3/b20-13-,21-16+. The SMILES string of the molecule is CCN(C)/C=N\c1cc(C)c(/C(C)=N/OC2CCCC2)cc1C. The van der Waals surface area contributed by atoms with Crippen molar-refractivity contribution in [2.75, 3.05) is 13.6 Å². The van der Waals surface area contributed by atoms with Crippen molar-refractivity contribution in [1.29, 1.82) is 0 Å². The number of oxime groups is 1. The first kappa shape index (κ1) is 17.5. The van der Waals surface area contributed by atoms with Crippen LogP contribution in [0.3, 0.4) is 0 Å². The van der Waals surface area contributed by atoms with Gasteiger partial charge in [-0.2, -0.15) is 0 Å². The van der Waals surface area contributed by atoms with Crippen molar-refractivity contribution in [3.05, 3.63) is 28.8 Å². The summed E-state index contributed by atoms with van der Waals surface area (Å²) in [6.45, 7) is 9.27. The second kappa shape index (κ2) is 8.14. The minimum Gasteiger partial charge on any atom is -0.392 e. The summed E-state index contributed by atoms with van der Waals surface area (Å²) >= 11 is 0. The molecule has 0 spiro atoms. The predicted octanol–water partition coefficient (Wildman–Crippen LogP) is 4.60. The van der Waals surface area contributed by atoms with Crippen molar-refractivity contribution in [2.24, 2.45) is 10.1 Å². The van der Waals surface area contributed by atoms with Gasteiger partial charge >= 0.3 is 0 Å². The van der Waals surface area contributed by atoms with Crippen molar-refractivity contribution >= 4 is 17.7 Å². The molecule has 1 aromatic rings. The smallest absolute Gasteiger partial charge is 0.127 e. The van der Waals surface area contributed by atoms with Crippen LogP contribution in [0.15, 0.2) is 22.3 Å². The van der Waals surface area contributed by atoms with Crippen LogP contribution in [0, 0.1) is 13.8 Å². The molecule has 0 radical (unpaired) electrons. The highest BCUT2D eigenvalue weighted by Gasteiger charge is 2.16. The molecular weight excluding hydrogens is 286 g/mol. The Labute approximate surface area is 140 Å². The summed E-state index contributed by atoms with van der Waals surface area (Å²) in [4.78, 5) is 12.3. The fourth-order valence-corrected chi connectivity index (χ4v) is 2.77. The Bertz CT molecular complexity index is 587. The fraction of sp³-hybridized carbons (Fsp3) is 0.579. The lowest BCUT2D eigenvalue weighted by Gasteiger charge is -2.12. The van der Waals surface area contributed by atoms with E-state index in [1.807, 2.05) is 20.3 Å². The molecule has 2 rings (SSSR count). The largest absolute Gasteiger partial charge is 0.392 e. The minimum atomic E-state index is 0.305. The Kier molecular flexibility index (Phi) is 6.20. The first-order chi connectivity index (χ1) is 11.0. The van der Waals surface area contributed by atoms with Crippen molar-refractivity contribution in [2.45, 2.75) is 59.5 Å². The zero-order chi connectivity index (χ0) is 16.8. The van der Waals surface area contributed by atoms with Crippen LogP contribution in [0.4, 0.5) is 5.69 Å². The third-order valence-corrected chi connectivity index (χ3v) is 4.47. The van der Waals surface area contributed by atoms with Crippen molar-refractivity contribution in [1.82, 2.24) is 4.90 Å². The second-order valence-electron chi connectivity index (χ2n) is 6.46. The molecule has 0 heterocycles. The van der Waals surface area contributed by atoms with E-state index in [0.29, 0.717) is 6.10 Å². The number of aliphatic imine (C=N–C) groups is 1. The van der Waals surface area contributed by atoms with Gasteiger partial charge in [0.2, 0.25) is 0 Å². The van der Waals surface area contributed by atoms with Crippen LogP contribution in [0.5, 0.6) is 0 Å². The zero-order valence-corrected chi connectivity index (χ0v) is 15.1. The van der Waals surface area contributed by atoms with E-state index in [1.54, 1.807) is 0 Å². The number of benzene rings is 1. The van der Waals surface area contributed by atoms with Crippen LogP contribution in [-0.2, 0) is 4.84 Å². The molecule has 1 aromatic carbocycles. The van der Waals surface area contributed by atoms with Crippen LogP contribution in [0.25, 0.3) is 0 Å². The van der Waals surface area contributed by atoms with Crippen LogP contribution in [0.2, 0.25) is 0 Å². The minimum absolute atomic E-state index is 0.305. The highest BCUT2D eigenvalue weighted by atomic mass is 16.6. The molecule has 126 valence electrons. The first-order valence-electron chi connectivity index (χ1n) is 8.57. The maximum Gasteiger partial charge on any atom is 0.127 e. The lowest BCUT2D eigenvalue weighted by Crippen LogP contribution is -2.14. The molecule has 0 saturated heterocycles. The molecule has 0 amide bonds. The topological polar surface area (TPSA) is 37.2 Å². The molecule has 1 fully saturated rings. The molecule has 0 bridgehead atoms. The van der Waals surface area contributed by atoms with E-state index >= 15 is 0 Å². The van der Waals surface area contributed by atoms with Gasteiger partial charge in [-0.05, 0) is 76.6 Å². The molecule has 0 N–H and O–H groups in total. The molecule has 4 nitrogen and oxygen atoms in total. The summed E-state index contributed by atoms with van der Waals surface area (Å²) < 4.78 is 0. The quantitative estimate of drug-likeness (QED) is 0.437. The maximum atomic E-state index is 5.69. The maximum absolute atomic E-state index is 5.69. The molecule has 1 aliphatic carbocycles. The van der Waals surface area contributed by atoms with Gasteiger partial charge in [0.15, 0.2) is 0 Å². The van der Waals surface area contributed by atoms with E-state index in [0.717, 1.165) is 41.9 Å². The van der Waals surface area contributed by atoms with Gasteiger partial charge in [-0.1, -0.05) is 5.16 Å². The molecule has 0 aromatic heterocycles. The van der Waals surface area contributed by atoms with Gasteiger partial charge in [-0.25, -0.2) is 4.99 Å². The molecule has 1 aliphatic rings. The molecule has 0 aliphatic heterocycles. The van der Waals surface area contributed by atoms with Gasteiger partial charge in [0.25, 0.3) is 0 Å². The second-order valence-corrected chi connectivity index (χ2v) is 6.46. The van der Waals surface area contributed by atoms with Crippen molar-refractivity contribution in [3.8, 4) is 0 Å². The van der Waals surface area contributed by atoms with Crippen molar-refractivity contribution < 1.29 is 4.84 Å². The Morgan fingerprint density at radius 3 is 2.61 bits per heavy atom. The van der Waals surface area contributed by atoms with E-state index in [2.05, 4.69) is 48.0 Å². The summed E-state index contributed by atoms with van der Waals surface area (Å²) in [6.07, 6.45) is 6.97. The lowest BCUT2D eigenvalue weighted by molar-refractivity contribution is 0.0645. The summed E-state index contributed by atoms with van der Waals surface area (Å²) in [6, 6.07) is 4.28. The van der Waals surface area contributed by atoms with E-state index in [9.17, 15) is 0 Å². The zero-order valence-electron chi connectivity index (χ0n) is 15.1. The fourth-order valence-electron chi connectivity index (χ4n) is 2.77. The molecule has 4 heteroatoms. The Morgan fingerprint density at radius 2 is 1.96 bits per heavy atom. The van der Waals surface area contributed by atoms with Gasteiger partial charge in [0, 0.05) is 19.2 Å². The van der Waals surface area contributed by atoms with Crippen molar-refractivity contribution in [3.63, 3.8) is 0 Å². The Hall–Kier alpha value is -1.84. The van der Waals surface area contributed by atoms with E-state index in [-0.39, 0.29) is 0 Å². The molecule has 23 heavy (non-hydrogen) atoms. The number of hydrogen-bond acceptors (Lipinski definition) is 3. The first-order valence-corrected chi connectivity index (χ1v) is 8.57. The average Bonchev–Trinajstić information content (AvgIpc) is 3.06. The summed E-state index contributed by atoms with van der Waals surface area (Å²) in [5.41, 5.74) is 5.43.